The molecule has 0 radical (unpaired) electrons. The Kier molecular flexibility index (Phi) is 2.06. The van der Waals surface area contributed by atoms with Crippen LogP contribution in [-0.4, -0.2) is 28.3 Å². The molecule has 2 heterocycles. The summed E-state index contributed by atoms with van der Waals surface area (Å²) in [4.78, 5) is 3.81. The number of thioether (sulfide) groups is 1. The van der Waals surface area contributed by atoms with Crippen LogP contribution >= 0.6 is 23.4 Å². The van der Waals surface area contributed by atoms with Crippen molar-refractivity contribution in [3.63, 3.8) is 0 Å². The van der Waals surface area contributed by atoms with Crippen LogP contribution in [0, 0.1) is 0 Å². The quantitative estimate of drug-likeness (QED) is 0.738. The highest BCUT2D eigenvalue weighted by Crippen LogP contribution is 2.32. The van der Waals surface area contributed by atoms with Crippen molar-refractivity contribution in [3.05, 3.63) is 5.15 Å². The Morgan fingerprint density at radius 1 is 1.62 bits per heavy atom. The molecule has 1 aromatic heterocycles. The van der Waals surface area contributed by atoms with Gasteiger partial charge in [-0.2, -0.15) is 8.42 Å². The Balaban J connectivity index is 2.70. The fourth-order valence-electron chi connectivity index (χ4n) is 1.17. The molecule has 0 unspecified atom stereocenters. The van der Waals surface area contributed by atoms with Gasteiger partial charge in [0.05, 0.1) is 0 Å². The number of hydrogen-bond acceptors (Lipinski definition) is 4. The molecule has 1 aliphatic heterocycles. The minimum absolute atomic E-state index is 0.162. The van der Waals surface area contributed by atoms with Gasteiger partial charge in [0, 0.05) is 12.3 Å². The molecule has 13 heavy (non-hydrogen) atoms. The van der Waals surface area contributed by atoms with Gasteiger partial charge in [0.1, 0.15) is 0 Å². The van der Waals surface area contributed by atoms with Crippen molar-refractivity contribution in [3.8, 4) is 0 Å². The van der Waals surface area contributed by atoms with Gasteiger partial charge in [-0.15, -0.1) is 0 Å². The number of imidazole rings is 1. The van der Waals surface area contributed by atoms with E-state index in [9.17, 15) is 8.42 Å². The van der Waals surface area contributed by atoms with Crippen LogP contribution in [0.15, 0.2) is 10.2 Å². The van der Waals surface area contributed by atoms with Crippen LogP contribution in [0.4, 0.5) is 0 Å². The molecule has 72 valence electrons. The van der Waals surface area contributed by atoms with E-state index in [2.05, 4.69) is 4.98 Å². The summed E-state index contributed by atoms with van der Waals surface area (Å²) in [6, 6.07) is 0. The zero-order valence-electron chi connectivity index (χ0n) is 6.27. The first kappa shape index (κ1) is 9.32. The topological polar surface area (TPSA) is 72.2 Å². The predicted octanol–water partition coefficient (Wildman–Crippen LogP) is 0.889. The molecule has 1 aromatic rings. The van der Waals surface area contributed by atoms with E-state index in [0.717, 1.165) is 5.75 Å². The monoisotopic (exact) mass is 240 g/mol. The summed E-state index contributed by atoms with van der Waals surface area (Å²) in [6.45, 7) is 0.509. The lowest BCUT2D eigenvalue weighted by atomic mass is 10.7. The van der Waals surface area contributed by atoms with E-state index in [1.807, 2.05) is 0 Å². The summed E-state index contributed by atoms with van der Waals surface area (Å²) in [5, 5.41) is 0.0801. The van der Waals surface area contributed by atoms with Crippen molar-refractivity contribution >= 4 is 33.5 Å². The van der Waals surface area contributed by atoms with Crippen molar-refractivity contribution in [1.82, 2.24) is 9.55 Å². The second-order valence-electron chi connectivity index (χ2n) is 2.47. The molecule has 0 saturated heterocycles. The summed E-state index contributed by atoms with van der Waals surface area (Å²) in [6.07, 6.45) is 0. The number of fused-ring (bicyclic) bond motifs is 1. The van der Waals surface area contributed by atoms with Gasteiger partial charge in [-0.3, -0.25) is 4.55 Å². The molecule has 0 bridgehead atoms. The molecule has 5 nitrogen and oxygen atoms in total. The highest BCUT2D eigenvalue weighted by Gasteiger charge is 2.28. The molecule has 2 rings (SSSR count). The second-order valence-corrected chi connectivity index (χ2v) is 5.22. The summed E-state index contributed by atoms with van der Waals surface area (Å²) in [5.41, 5.74) is 0. The fourth-order valence-corrected chi connectivity index (χ4v) is 3.42. The molecule has 0 aliphatic carbocycles. The third-order valence-electron chi connectivity index (χ3n) is 1.64. The normalized spacial score (nSPS) is 16.2. The van der Waals surface area contributed by atoms with Crippen molar-refractivity contribution < 1.29 is 13.0 Å². The second kappa shape index (κ2) is 2.88. The maximum Gasteiger partial charge on any atom is 0.313 e. The lowest BCUT2D eigenvalue weighted by Gasteiger charge is -1.99. The third-order valence-corrected chi connectivity index (χ3v) is 3.87. The highest BCUT2D eigenvalue weighted by molar-refractivity contribution is 7.99. The minimum atomic E-state index is -4.26. The zero-order valence-corrected chi connectivity index (χ0v) is 8.66. The van der Waals surface area contributed by atoms with Crippen LogP contribution in [-0.2, 0) is 16.7 Å². The molecule has 0 amide bonds. The van der Waals surface area contributed by atoms with E-state index in [1.54, 1.807) is 0 Å². The van der Waals surface area contributed by atoms with Crippen LogP contribution in [0.2, 0.25) is 5.15 Å². The number of nitrogens with zero attached hydrogens (tertiary/aromatic N) is 2. The van der Waals surface area contributed by atoms with Gasteiger partial charge in [-0.05, 0) is 0 Å². The standard InChI is InChI=1S/C5H5ClN2O3S2/c6-3-4(13(9,10)11)8-1-2-12-5(8)7-3/h1-2H2,(H,9,10,11). The van der Waals surface area contributed by atoms with Gasteiger partial charge in [0.15, 0.2) is 10.3 Å². The van der Waals surface area contributed by atoms with Gasteiger partial charge >= 0.3 is 10.1 Å². The van der Waals surface area contributed by atoms with Crippen molar-refractivity contribution in [2.45, 2.75) is 16.7 Å². The van der Waals surface area contributed by atoms with Gasteiger partial charge in [-0.25, -0.2) is 4.98 Å². The molecule has 8 heteroatoms. The molecule has 0 atom stereocenters. The van der Waals surface area contributed by atoms with Crippen LogP contribution in [0.25, 0.3) is 0 Å². The largest absolute Gasteiger partial charge is 0.313 e. The van der Waals surface area contributed by atoms with Crippen molar-refractivity contribution in [2.75, 3.05) is 5.75 Å². The minimum Gasteiger partial charge on any atom is -0.306 e. The molecule has 1 aliphatic rings. The summed E-state index contributed by atoms with van der Waals surface area (Å²) < 4.78 is 32.0. The van der Waals surface area contributed by atoms with Crippen LogP contribution < -0.4 is 0 Å². The zero-order chi connectivity index (χ0) is 9.64. The SMILES string of the molecule is O=S(=O)(O)c1c(Cl)nc2n1CCS2. The fraction of sp³-hybridized carbons (Fsp3) is 0.400. The summed E-state index contributed by atoms with van der Waals surface area (Å²) in [5.74, 6) is 0.752. The number of hydrogen-bond donors (Lipinski definition) is 1. The van der Waals surface area contributed by atoms with Gasteiger partial charge < -0.3 is 4.57 Å². The third kappa shape index (κ3) is 1.45. The van der Waals surface area contributed by atoms with Crippen LogP contribution in [0.1, 0.15) is 0 Å². The highest BCUT2D eigenvalue weighted by atomic mass is 35.5. The molecular weight excluding hydrogens is 236 g/mol. The van der Waals surface area contributed by atoms with Crippen molar-refractivity contribution in [1.29, 1.82) is 0 Å². The average Bonchev–Trinajstić information content (AvgIpc) is 2.41. The first-order valence-electron chi connectivity index (χ1n) is 3.36. The summed E-state index contributed by atoms with van der Waals surface area (Å²) >= 11 is 6.97. The van der Waals surface area contributed by atoms with Gasteiger partial charge in [0.25, 0.3) is 0 Å². The van der Waals surface area contributed by atoms with Gasteiger partial charge in [0.2, 0.25) is 5.03 Å². The van der Waals surface area contributed by atoms with E-state index in [1.165, 1.54) is 16.3 Å². The predicted molar refractivity (Wildman–Crippen MR) is 47.8 cm³/mol. The van der Waals surface area contributed by atoms with E-state index in [0.29, 0.717) is 11.7 Å². The van der Waals surface area contributed by atoms with Crippen LogP contribution in [0.5, 0.6) is 0 Å². The Labute approximate surface area is 83.8 Å². The molecule has 1 N–H and O–H groups in total. The Morgan fingerprint density at radius 2 is 2.31 bits per heavy atom. The van der Waals surface area contributed by atoms with Crippen molar-refractivity contribution in [2.24, 2.45) is 0 Å². The van der Waals surface area contributed by atoms with Crippen LogP contribution in [0.3, 0.4) is 0 Å². The van der Waals surface area contributed by atoms with Gasteiger partial charge in [-0.1, -0.05) is 23.4 Å². The smallest absolute Gasteiger partial charge is 0.306 e. The first-order valence-corrected chi connectivity index (χ1v) is 6.17. The van der Waals surface area contributed by atoms with E-state index < -0.39 is 10.1 Å². The molecule has 0 saturated carbocycles. The molecule has 0 spiro atoms. The number of halogens is 1. The number of aromatic nitrogens is 2. The summed E-state index contributed by atoms with van der Waals surface area (Å²) in [7, 11) is -4.26. The molecule has 0 fully saturated rings. The Morgan fingerprint density at radius 3 is 2.92 bits per heavy atom. The maximum absolute atomic E-state index is 10.9. The van der Waals surface area contributed by atoms with E-state index >= 15 is 0 Å². The molecule has 0 aromatic carbocycles. The molecular formula is C5H5ClN2O3S2. The lowest BCUT2D eigenvalue weighted by molar-refractivity contribution is 0.469. The average molecular weight is 241 g/mol. The van der Waals surface area contributed by atoms with E-state index in [-0.39, 0.29) is 10.2 Å². The Hall–Kier alpha value is -0.240. The Bertz CT molecular complexity index is 453. The number of rotatable bonds is 1. The maximum atomic E-state index is 10.9. The van der Waals surface area contributed by atoms with E-state index in [4.69, 9.17) is 16.2 Å². The first-order chi connectivity index (χ1) is 6.00. The lowest BCUT2D eigenvalue weighted by Crippen LogP contribution is -2.07.